The van der Waals surface area contributed by atoms with Gasteiger partial charge in [-0.2, -0.15) is 0 Å². The first-order chi connectivity index (χ1) is 10.2. The average Bonchev–Trinajstić information content (AvgIpc) is 2.43. The molecule has 0 amide bonds. The number of hydrogen-bond donors (Lipinski definition) is 3. The third-order valence-electron chi connectivity index (χ3n) is 2.24. The number of benzene rings is 1. The predicted octanol–water partition coefficient (Wildman–Crippen LogP) is 1.51. The number of carboxylic acids is 1. The van der Waals surface area contributed by atoms with Crippen LogP contribution in [0.5, 0.6) is 0 Å². The molecule has 0 saturated heterocycles. The van der Waals surface area contributed by atoms with Gasteiger partial charge in [-0.15, -0.1) is 0 Å². The van der Waals surface area contributed by atoms with E-state index in [1.165, 1.54) is 18.2 Å². The summed E-state index contributed by atoms with van der Waals surface area (Å²) in [5.74, 6) is -2.64. The third kappa shape index (κ3) is 5.17. The number of rotatable bonds is 7. The van der Waals surface area contributed by atoms with Crippen LogP contribution in [0.15, 0.2) is 24.3 Å². The van der Waals surface area contributed by atoms with E-state index in [4.69, 9.17) is 33.7 Å². The Bertz CT molecular complexity index is 692. The van der Waals surface area contributed by atoms with Crippen molar-refractivity contribution in [3.8, 4) is 0 Å². The van der Waals surface area contributed by atoms with Crippen LogP contribution in [0.3, 0.4) is 0 Å². The molecule has 1 rings (SSSR count). The second-order valence-corrected chi connectivity index (χ2v) is 6.47. The number of ether oxygens (including phenoxy) is 1. The first-order valence-electron chi connectivity index (χ1n) is 5.51. The van der Waals surface area contributed by atoms with Crippen LogP contribution in [0.25, 0.3) is 0 Å². The van der Waals surface area contributed by atoms with Crippen molar-refractivity contribution in [3.63, 3.8) is 0 Å². The first kappa shape index (κ1) is 18.2. The molecule has 22 heavy (non-hydrogen) atoms. The molecule has 0 aliphatic rings. The Morgan fingerprint density at radius 3 is 2.50 bits per heavy atom. The molecule has 0 fully saturated rings. The molecule has 0 aliphatic heterocycles. The Kier molecular flexibility index (Phi) is 6.15. The summed E-state index contributed by atoms with van der Waals surface area (Å²) in [6, 6.07) is 5.13. The summed E-state index contributed by atoms with van der Waals surface area (Å²) in [6.45, 7) is 0. The molecule has 0 aromatic heterocycles. The maximum atomic E-state index is 11.3. The minimum Gasteiger partial charge on any atom is -0.478 e. The number of alkyl halides is 2. The highest BCUT2D eigenvalue weighted by molar-refractivity contribution is 8.05. The van der Waals surface area contributed by atoms with Crippen molar-refractivity contribution >= 4 is 56.4 Å². The number of carboxylic acid groups (broad SMARTS) is 1. The van der Waals surface area contributed by atoms with Crippen molar-refractivity contribution in [1.29, 1.82) is 5.41 Å². The summed E-state index contributed by atoms with van der Waals surface area (Å²) in [7, 11) is -3.98. The molecule has 0 radical (unpaired) electrons. The molecular weight excluding hydrogens is 359 g/mol. The molecule has 1 aromatic carbocycles. The second-order valence-electron chi connectivity index (χ2n) is 3.85. The van der Waals surface area contributed by atoms with Crippen molar-refractivity contribution in [2.24, 2.45) is 0 Å². The smallest absolute Gasteiger partial charge is 0.349 e. The van der Waals surface area contributed by atoms with Crippen molar-refractivity contribution in [1.82, 2.24) is 0 Å². The van der Waals surface area contributed by atoms with Crippen molar-refractivity contribution < 1.29 is 27.9 Å². The summed E-state index contributed by atoms with van der Waals surface area (Å²) in [4.78, 5) is 20.9. The molecule has 120 valence electrons. The Labute approximate surface area is 135 Å². The van der Waals surface area contributed by atoms with Gasteiger partial charge in [0.2, 0.25) is 10.9 Å². The van der Waals surface area contributed by atoms with E-state index in [2.05, 4.69) is 4.74 Å². The fourth-order valence-electron chi connectivity index (χ4n) is 1.39. The number of aliphatic carboxylic acids is 1. The zero-order valence-corrected chi connectivity index (χ0v) is 13.0. The van der Waals surface area contributed by atoms with E-state index in [0.29, 0.717) is 0 Å². The Balaban J connectivity index is 3.09. The van der Waals surface area contributed by atoms with Gasteiger partial charge in [-0.05, 0) is 12.1 Å². The Morgan fingerprint density at radius 2 is 2.00 bits per heavy atom. The zero-order chi connectivity index (χ0) is 16.9. The molecule has 0 spiro atoms. The number of anilines is 1. The summed E-state index contributed by atoms with van der Waals surface area (Å²) in [5.41, 5.74) is 0.177. The SMILES string of the molecule is N=CS(=O)(=O)Nc1cccc(C(OC(=O)C(Cl)Cl)C(=O)O)c1. The Morgan fingerprint density at radius 1 is 1.36 bits per heavy atom. The van der Waals surface area contributed by atoms with Gasteiger partial charge in [-0.3, -0.25) is 10.1 Å². The number of carbonyl (C=O) groups is 2. The summed E-state index contributed by atoms with van der Waals surface area (Å²) in [5, 5.41) is 15.8. The normalized spacial score (nSPS) is 12.5. The third-order valence-corrected chi connectivity index (χ3v) is 3.43. The van der Waals surface area contributed by atoms with Crippen LogP contribution in [0.1, 0.15) is 11.7 Å². The highest BCUT2D eigenvalue weighted by atomic mass is 35.5. The molecule has 0 aliphatic carbocycles. The molecule has 1 unspecified atom stereocenters. The molecule has 3 N–H and O–H groups in total. The van der Waals surface area contributed by atoms with E-state index in [-0.39, 0.29) is 16.8 Å². The van der Waals surface area contributed by atoms with Gasteiger partial charge in [0.15, 0.2) is 0 Å². The molecule has 1 aromatic rings. The zero-order valence-electron chi connectivity index (χ0n) is 10.7. The van der Waals surface area contributed by atoms with Gasteiger partial charge in [0, 0.05) is 11.3 Å². The highest BCUT2D eigenvalue weighted by Gasteiger charge is 2.27. The van der Waals surface area contributed by atoms with E-state index in [1.54, 1.807) is 0 Å². The van der Waals surface area contributed by atoms with Gasteiger partial charge >= 0.3 is 11.9 Å². The molecule has 0 bridgehead atoms. The lowest BCUT2D eigenvalue weighted by Crippen LogP contribution is -2.23. The monoisotopic (exact) mass is 368 g/mol. The number of esters is 1. The number of halogens is 2. The molecule has 8 nitrogen and oxygen atoms in total. The molecule has 1 atom stereocenters. The van der Waals surface area contributed by atoms with Gasteiger partial charge in [0.05, 0.1) is 0 Å². The molecular formula is C11H10Cl2N2O6S. The fourth-order valence-corrected chi connectivity index (χ4v) is 2.00. The second kappa shape index (κ2) is 7.43. The van der Waals surface area contributed by atoms with Gasteiger partial charge in [-0.25, -0.2) is 18.0 Å². The fraction of sp³-hybridized carbons (Fsp3) is 0.182. The lowest BCUT2D eigenvalue weighted by molar-refractivity contribution is -0.163. The topological polar surface area (TPSA) is 134 Å². The standard InChI is InChI=1S/C11H10Cl2N2O6S/c12-9(13)11(18)21-8(10(16)17)6-2-1-3-7(4-6)15-22(19,20)5-14/h1-5,8-9,14-15H,(H,16,17). The summed E-state index contributed by atoms with van der Waals surface area (Å²) >= 11 is 10.6. The highest BCUT2D eigenvalue weighted by Crippen LogP contribution is 2.23. The van der Waals surface area contributed by atoms with E-state index >= 15 is 0 Å². The maximum Gasteiger partial charge on any atom is 0.349 e. The van der Waals surface area contributed by atoms with E-state index in [1.807, 2.05) is 4.72 Å². The lowest BCUT2D eigenvalue weighted by atomic mass is 10.1. The van der Waals surface area contributed by atoms with Crippen molar-refractivity contribution in [2.45, 2.75) is 10.9 Å². The average molecular weight is 369 g/mol. The summed E-state index contributed by atoms with van der Waals surface area (Å²) in [6.07, 6.45) is -1.71. The molecule has 0 heterocycles. The van der Waals surface area contributed by atoms with Gasteiger partial charge in [0.1, 0.15) is 5.55 Å². The minimum atomic E-state index is -3.98. The van der Waals surface area contributed by atoms with Crippen LogP contribution < -0.4 is 4.72 Å². The van der Waals surface area contributed by atoms with Crippen LogP contribution in [-0.2, 0) is 24.3 Å². The molecule has 0 saturated carbocycles. The van der Waals surface area contributed by atoms with E-state index < -0.39 is 32.9 Å². The van der Waals surface area contributed by atoms with Crippen molar-refractivity contribution in [3.05, 3.63) is 29.8 Å². The van der Waals surface area contributed by atoms with Crippen molar-refractivity contribution in [2.75, 3.05) is 4.72 Å². The number of sulfonamides is 1. The predicted molar refractivity (Wildman–Crippen MR) is 79.7 cm³/mol. The van der Waals surface area contributed by atoms with Gasteiger partial charge in [0.25, 0.3) is 10.0 Å². The van der Waals surface area contributed by atoms with Crippen LogP contribution >= 0.6 is 23.2 Å². The van der Waals surface area contributed by atoms with E-state index in [9.17, 15) is 18.0 Å². The summed E-state index contributed by atoms with van der Waals surface area (Å²) < 4.78 is 29.2. The number of nitrogens with one attached hydrogen (secondary N) is 2. The molecule has 11 heteroatoms. The van der Waals surface area contributed by atoms with Crippen LogP contribution in [-0.4, -0.2) is 35.8 Å². The van der Waals surface area contributed by atoms with Crippen LogP contribution in [0, 0.1) is 5.41 Å². The quantitative estimate of drug-likeness (QED) is 0.289. The lowest BCUT2D eigenvalue weighted by Gasteiger charge is -2.15. The van der Waals surface area contributed by atoms with Gasteiger partial charge < -0.3 is 9.84 Å². The van der Waals surface area contributed by atoms with Crippen LogP contribution in [0.4, 0.5) is 5.69 Å². The largest absolute Gasteiger partial charge is 0.478 e. The van der Waals surface area contributed by atoms with Gasteiger partial charge in [-0.1, -0.05) is 35.3 Å². The Hall–Kier alpha value is -1.84. The number of hydrogen-bond acceptors (Lipinski definition) is 6. The first-order valence-corrected chi connectivity index (χ1v) is 7.93. The van der Waals surface area contributed by atoms with E-state index in [0.717, 1.165) is 6.07 Å². The maximum absolute atomic E-state index is 11.3. The van der Waals surface area contributed by atoms with Crippen LogP contribution in [0.2, 0.25) is 0 Å². The minimum absolute atomic E-state index is 0.00315. The number of carbonyl (C=O) groups excluding carboxylic acids is 1.